The van der Waals surface area contributed by atoms with Gasteiger partial charge >= 0.3 is 6.18 Å². The average molecular weight is 320 g/mol. The lowest BCUT2D eigenvalue weighted by Gasteiger charge is -2.28. The van der Waals surface area contributed by atoms with Gasteiger partial charge in [0.15, 0.2) is 0 Å². The Morgan fingerprint density at radius 1 is 1.15 bits per heavy atom. The molecular formula is C12H25ClF3N3O. The van der Waals surface area contributed by atoms with E-state index in [9.17, 15) is 18.0 Å². The second-order valence-electron chi connectivity index (χ2n) is 4.51. The summed E-state index contributed by atoms with van der Waals surface area (Å²) in [5.74, 6) is -0.434. The Morgan fingerprint density at radius 3 is 2.00 bits per heavy atom. The number of nitrogens with two attached hydrogens (primary N) is 1. The van der Waals surface area contributed by atoms with Gasteiger partial charge in [0.25, 0.3) is 0 Å². The Kier molecular flexibility index (Phi) is 11.1. The number of nitrogens with zero attached hydrogens (tertiary/aromatic N) is 2. The summed E-state index contributed by atoms with van der Waals surface area (Å²) >= 11 is 0. The average Bonchev–Trinajstić information content (AvgIpc) is 2.31. The van der Waals surface area contributed by atoms with Crippen LogP contribution in [-0.4, -0.2) is 60.6 Å². The van der Waals surface area contributed by atoms with Crippen LogP contribution in [0, 0.1) is 0 Å². The third kappa shape index (κ3) is 9.39. The molecule has 0 rings (SSSR count). The zero-order valence-corrected chi connectivity index (χ0v) is 13.1. The molecule has 0 aliphatic heterocycles. The molecule has 122 valence electrons. The van der Waals surface area contributed by atoms with E-state index in [0.717, 1.165) is 13.1 Å². The van der Waals surface area contributed by atoms with E-state index >= 15 is 0 Å². The van der Waals surface area contributed by atoms with Crippen LogP contribution in [-0.2, 0) is 4.79 Å². The maximum absolute atomic E-state index is 12.2. The molecule has 0 saturated heterocycles. The Hall–Kier alpha value is -0.530. The maximum atomic E-state index is 12.2. The summed E-state index contributed by atoms with van der Waals surface area (Å²) in [5.41, 5.74) is 5.46. The first-order valence-electron chi connectivity index (χ1n) is 6.54. The van der Waals surface area contributed by atoms with Crippen molar-refractivity contribution in [2.75, 3.05) is 32.7 Å². The van der Waals surface area contributed by atoms with E-state index < -0.39 is 24.5 Å². The highest BCUT2D eigenvalue weighted by molar-refractivity contribution is 5.85. The summed E-state index contributed by atoms with van der Waals surface area (Å²) in [6.07, 6.45) is -5.25. The summed E-state index contributed by atoms with van der Waals surface area (Å²) < 4.78 is 36.7. The fourth-order valence-electron chi connectivity index (χ4n) is 1.68. The lowest BCUT2D eigenvalue weighted by molar-refractivity contribution is -0.146. The second-order valence-corrected chi connectivity index (χ2v) is 4.51. The zero-order chi connectivity index (χ0) is 15.1. The lowest BCUT2D eigenvalue weighted by Crippen LogP contribution is -2.46. The molecule has 0 radical (unpaired) electrons. The molecule has 20 heavy (non-hydrogen) atoms. The number of likely N-dealkylation sites (N-methyl/N-ethyl adjacent to an activating group) is 1. The summed E-state index contributed by atoms with van der Waals surface area (Å²) in [4.78, 5) is 15.0. The quantitative estimate of drug-likeness (QED) is 0.743. The van der Waals surface area contributed by atoms with Crippen LogP contribution in [0.4, 0.5) is 13.2 Å². The third-order valence-corrected chi connectivity index (χ3v) is 2.95. The van der Waals surface area contributed by atoms with Crippen molar-refractivity contribution >= 4 is 18.3 Å². The standard InChI is InChI=1S/C12H24F3N3O.ClH/c1-4-17(5-2)8-9-18(11(19)10(3)16)7-6-12(13,14)15;/h10H,4-9,16H2,1-3H3;1H. The number of carbonyl (C=O) groups is 1. The molecule has 0 aromatic heterocycles. The third-order valence-electron chi connectivity index (χ3n) is 2.95. The van der Waals surface area contributed by atoms with Crippen LogP contribution in [0.25, 0.3) is 0 Å². The first-order chi connectivity index (χ1) is 8.71. The molecule has 0 aromatic rings. The van der Waals surface area contributed by atoms with E-state index in [1.165, 1.54) is 11.8 Å². The molecule has 0 aliphatic carbocycles. The number of alkyl halides is 3. The molecule has 1 unspecified atom stereocenters. The van der Waals surface area contributed by atoms with Gasteiger partial charge in [0.1, 0.15) is 0 Å². The van der Waals surface area contributed by atoms with Gasteiger partial charge in [-0.05, 0) is 20.0 Å². The highest BCUT2D eigenvalue weighted by atomic mass is 35.5. The monoisotopic (exact) mass is 319 g/mol. The van der Waals surface area contributed by atoms with Crippen molar-refractivity contribution in [3.8, 4) is 0 Å². The van der Waals surface area contributed by atoms with E-state index in [-0.39, 0.29) is 25.5 Å². The molecule has 0 fully saturated rings. The normalized spacial score (nSPS) is 13.0. The first kappa shape index (κ1) is 21.8. The van der Waals surface area contributed by atoms with E-state index in [2.05, 4.69) is 4.90 Å². The number of rotatable bonds is 8. The molecule has 1 amide bonds. The Labute approximate surface area is 124 Å². The van der Waals surface area contributed by atoms with Crippen LogP contribution in [0.3, 0.4) is 0 Å². The minimum atomic E-state index is -4.26. The van der Waals surface area contributed by atoms with E-state index in [4.69, 9.17) is 5.73 Å². The van der Waals surface area contributed by atoms with Gasteiger partial charge in [0.2, 0.25) is 5.91 Å². The molecule has 0 spiro atoms. The molecule has 8 heteroatoms. The van der Waals surface area contributed by atoms with Crippen molar-refractivity contribution in [3.63, 3.8) is 0 Å². The van der Waals surface area contributed by atoms with E-state index in [1.807, 2.05) is 13.8 Å². The van der Waals surface area contributed by atoms with Gasteiger partial charge in [-0.2, -0.15) is 13.2 Å². The van der Waals surface area contributed by atoms with Crippen molar-refractivity contribution in [3.05, 3.63) is 0 Å². The van der Waals surface area contributed by atoms with Crippen LogP contribution in [0.5, 0.6) is 0 Å². The molecule has 0 heterocycles. The molecule has 0 saturated carbocycles. The SMILES string of the molecule is CCN(CC)CCN(CCC(F)(F)F)C(=O)C(C)N.Cl. The first-order valence-corrected chi connectivity index (χ1v) is 6.54. The van der Waals surface area contributed by atoms with Crippen LogP contribution in [0.1, 0.15) is 27.2 Å². The van der Waals surface area contributed by atoms with Crippen LogP contribution in [0.2, 0.25) is 0 Å². The van der Waals surface area contributed by atoms with Gasteiger partial charge in [0, 0.05) is 19.6 Å². The van der Waals surface area contributed by atoms with Crippen molar-refractivity contribution in [1.82, 2.24) is 9.80 Å². The zero-order valence-electron chi connectivity index (χ0n) is 12.2. The van der Waals surface area contributed by atoms with Gasteiger partial charge in [-0.3, -0.25) is 4.79 Å². The Morgan fingerprint density at radius 2 is 1.65 bits per heavy atom. The Balaban J connectivity index is 0. The predicted octanol–water partition coefficient (Wildman–Crippen LogP) is 1.88. The van der Waals surface area contributed by atoms with E-state index in [1.54, 1.807) is 0 Å². The summed E-state index contributed by atoms with van der Waals surface area (Å²) in [5, 5.41) is 0. The fraction of sp³-hybridized carbons (Fsp3) is 0.917. The topological polar surface area (TPSA) is 49.6 Å². The number of hydrogen-bond donors (Lipinski definition) is 1. The van der Waals surface area contributed by atoms with Gasteiger partial charge < -0.3 is 15.5 Å². The number of halogens is 4. The highest BCUT2D eigenvalue weighted by Gasteiger charge is 2.29. The van der Waals surface area contributed by atoms with Crippen LogP contribution < -0.4 is 5.73 Å². The summed E-state index contributed by atoms with van der Waals surface area (Å²) in [7, 11) is 0. The second kappa shape index (κ2) is 10.2. The molecule has 0 bridgehead atoms. The van der Waals surface area contributed by atoms with Gasteiger partial charge in [-0.15, -0.1) is 12.4 Å². The van der Waals surface area contributed by atoms with Gasteiger partial charge in [0.05, 0.1) is 12.5 Å². The maximum Gasteiger partial charge on any atom is 0.390 e. The van der Waals surface area contributed by atoms with Crippen molar-refractivity contribution in [2.24, 2.45) is 5.73 Å². The van der Waals surface area contributed by atoms with E-state index in [0.29, 0.717) is 6.54 Å². The molecular weight excluding hydrogens is 295 g/mol. The van der Waals surface area contributed by atoms with Crippen LogP contribution >= 0.6 is 12.4 Å². The van der Waals surface area contributed by atoms with Crippen molar-refractivity contribution in [2.45, 2.75) is 39.4 Å². The highest BCUT2D eigenvalue weighted by Crippen LogP contribution is 2.19. The smallest absolute Gasteiger partial charge is 0.340 e. The van der Waals surface area contributed by atoms with Crippen molar-refractivity contribution in [1.29, 1.82) is 0 Å². The summed E-state index contributed by atoms with van der Waals surface area (Å²) in [6.45, 7) is 7.53. The molecule has 0 aliphatic rings. The number of amides is 1. The number of hydrogen-bond acceptors (Lipinski definition) is 3. The predicted molar refractivity (Wildman–Crippen MR) is 75.9 cm³/mol. The minimum Gasteiger partial charge on any atom is -0.340 e. The van der Waals surface area contributed by atoms with Gasteiger partial charge in [-0.25, -0.2) is 0 Å². The Bertz CT molecular complexity index is 271. The van der Waals surface area contributed by atoms with Crippen molar-refractivity contribution < 1.29 is 18.0 Å². The van der Waals surface area contributed by atoms with Gasteiger partial charge in [-0.1, -0.05) is 13.8 Å². The molecule has 0 aromatic carbocycles. The fourth-order valence-corrected chi connectivity index (χ4v) is 1.68. The number of carbonyl (C=O) groups excluding carboxylic acids is 1. The molecule has 4 nitrogen and oxygen atoms in total. The molecule has 2 N–H and O–H groups in total. The lowest BCUT2D eigenvalue weighted by atomic mass is 10.2. The van der Waals surface area contributed by atoms with Crippen LogP contribution in [0.15, 0.2) is 0 Å². The summed E-state index contributed by atoms with van der Waals surface area (Å²) in [6, 6.07) is -0.773. The minimum absolute atomic E-state index is 0. The largest absolute Gasteiger partial charge is 0.390 e. The molecule has 1 atom stereocenters.